The quantitative estimate of drug-likeness (QED) is 0.361. The van der Waals surface area contributed by atoms with Gasteiger partial charge < -0.3 is 10.7 Å². The van der Waals surface area contributed by atoms with Crippen LogP contribution < -0.4 is 5.32 Å². The van der Waals surface area contributed by atoms with Crippen molar-refractivity contribution in [2.75, 3.05) is 5.32 Å². The number of aryl methyl sites for hydroxylation is 2. The fraction of sp³-hybridized carbons (Fsp3) is 0.276. The van der Waals surface area contributed by atoms with Crippen LogP contribution >= 0.6 is 0 Å². The molecule has 1 atom stereocenters. The van der Waals surface area contributed by atoms with E-state index in [1.807, 2.05) is 6.08 Å². The largest absolute Gasteiger partial charge is 0.378 e. The van der Waals surface area contributed by atoms with Gasteiger partial charge in [-0.05, 0) is 72.6 Å². The van der Waals surface area contributed by atoms with Gasteiger partial charge >= 0.3 is 0 Å². The lowest BCUT2D eigenvalue weighted by Gasteiger charge is -2.25. The van der Waals surface area contributed by atoms with Crippen molar-refractivity contribution in [2.45, 2.75) is 47.1 Å². The summed E-state index contributed by atoms with van der Waals surface area (Å²) in [7, 11) is 0. The van der Waals surface area contributed by atoms with Crippen molar-refractivity contribution >= 4 is 18.0 Å². The van der Waals surface area contributed by atoms with Crippen LogP contribution in [0.2, 0.25) is 0 Å². The summed E-state index contributed by atoms with van der Waals surface area (Å²) in [6, 6.07) is 19.7. The molecule has 2 heteroatoms. The summed E-state index contributed by atoms with van der Waals surface area (Å²) < 4.78 is 0. The molecule has 2 N–H and O–H groups in total. The summed E-state index contributed by atoms with van der Waals surface area (Å²) in [5, 5.41) is 11.9. The molecule has 0 bridgehead atoms. The van der Waals surface area contributed by atoms with Crippen LogP contribution in [0.25, 0.3) is 17.2 Å². The highest BCUT2D eigenvalue weighted by Crippen LogP contribution is 2.34. The van der Waals surface area contributed by atoms with Crippen molar-refractivity contribution in [1.29, 1.82) is 5.41 Å². The number of anilines is 1. The van der Waals surface area contributed by atoms with E-state index in [2.05, 4.69) is 101 Å². The van der Waals surface area contributed by atoms with Gasteiger partial charge in [-0.15, -0.1) is 0 Å². The lowest BCUT2D eigenvalue weighted by Crippen LogP contribution is -2.15. The van der Waals surface area contributed by atoms with Gasteiger partial charge in [0, 0.05) is 17.5 Å². The maximum atomic E-state index is 8.14. The number of benzene rings is 3. The topological polar surface area (TPSA) is 35.9 Å². The Balaban J connectivity index is 2.00. The number of hydrogen-bond donors (Lipinski definition) is 2. The molecule has 0 aromatic heterocycles. The van der Waals surface area contributed by atoms with Gasteiger partial charge in [-0.1, -0.05) is 80.6 Å². The molecule has 0 aliphatic rings. The Bertz CT molecular complexity index is 1070. The Morgan fingerprint density at radius 1 is 0.935 bits per heavy atom. The summed E-state index contributed by atoms with van der Waals surface area (Å²) >= 11 is 0. The fourth-order valence-electron chi connectivity index (χ4n) is 4.25. The molecule has 0 heterocycles. The van der Waals surface area contributed by atoms with Crippen molar-refractivity contribution in [1.82, 2.24) is 0 Å². The summed E-state index contributed by atoms with van der Waals surface area (Å²) in [6.45, 7) is 14.8. The predicted octanol–water partition coefficient (Wildman–Crippen LogP) is 8.12. The predicted molar refractivity (Wildman–Crippen MR) is 136 cm³/mol. The van der Waals surface area contributed by atoms with Crippen LogP contribution in [0.15, 0.2) is 61.2 Å². The second kappa shape index (κ2) is 9.78. The van der Waals surface area contributed by atoms with Crippen LogP contribution in [-0.2, 0) is 0 Å². The maximum absolute atomic E-state index is 8.14. The lowest BCUT2D eigenvalue weighted by molar-refractivity contribution is 0.531. The molecular formula is C29H34N2. The van der Waals surface area contributed by atoms with Crippen LogP contribution in [0.1, 0.15) is 59.7 Å². The minimum atomic E-state index is 0.184. The minimum Gasteiger partial charge on any atom is -0.378 e. The van der Waals surface area contributed by atoms with Crippen molar-refractivity contribution in [3.8, 4) is 11.1 Å². The molecule has 3 rings (SSSR count). The molecular weight excluding hydrogens is 376 g/mol. The van der Waals surface area contributed by atoms with E-state index in [0.29, 0.717) is 5.92 Å². The van der Waals surface area contributed by atoms with E-state index in [-0.39, 0.29) is 6.04 Å². The highest BCUT2D eigenvalue weighted by molar-refractivity contribution is 5.92. The lowest BCUT2D eigenvalue weighted by atomic mass is 9.91. The fourth-order valence-corrected chi connectivity index (χ4v) is 4.25. The van der Waals surface area contributed by atoms with Gasteiger partial charge in [-0.25, -0.2) is 0 Å². The van der Waals surface area contributed by atoms with Crippen LogP contribution in [0, 0.1) is 32.1 Å². The molecule has 0 fully saturated rings. The van der Waals surface area contributed by atoms with Gasteiger partial charge in [0.05, 0.1) is 6.04 Å². The van der Waals surface area contributed by atoms with Gasteiger partial charge in [0.25, 0.3) is 0 Å². The first kappa shape index (κ1) is 22.6. The van der Waals surface area contributed by atoms with Gasteiger partial charge in [0.1, 0.15) is 0 Å². The van der Waals surface area contributed by atoms with Gasteiger partial charge in [0.15, 0.2) is 0 Å². The molecule has 31 heavy (non-hydrogen) atoms. The standard InChI is InChI=1S/C29H34N2/c1-7-23-9-11-24(12-10-23)29(16-19(2)3)31-28-15-14-26(22(6)27(28)18-30)25-13-8-20(4)17-21(25)5/h7-15,17-19,29-31H,1,16H2,2-6H3. The zero-order chi connectivity index (χ0) is 22.5. The van der Waals surface area contributed by atoms with E-state index < -0.39 is 0 Å². The SMILES string of the molecule is C=Cc1ccc(C(CC(C)C)Nc2ccc(-c3ccc(C)cc3C)c(C)c2C=N)cc1. The second-order valence-electron chi connectivity index (χ2n) is 8.86. The summed E-state index contributed by atoms with van der Waals surface area (Å²) in [6.07, 6.45) is 4.37. The maximum Gasteiger partial charge on any atom is 0.0516 e. The van der Waals surface area contributed by atoms with Gasteiger partial charge in [0.2, 0.25) is 0 Å². The third-order valence-electron chi connectivity index (χ3n) is 5.94. The van der Waals surface area contributed by atoms with E-state index in [1.165, 1.54) is 34.0 Å². The molecule has 0 aliphatic heterocycles. The molecule has 0 radical (unpaired) electrons. The molecule has 160 valence electrons. The van der Waals surface area contributed by atoms with Gasteiger partial charge in [-0.3, -0.25) is 0 Å². The summed E-state index contributed by atoms with van der Waals surface area (Å²) in [5.74, 6) is 0.551. The third-order valence-corrected chi connectivity index (χ3v) is 5.94. The first-order valence-electron chi connectivity index (χ1n) is 11.0. The van der Waals surface area contributed by atoms with Crippen molar-refractivity contribution in [3.63, 3.8) is 0 Å². The van der Waals surface area contributed by atoms with Crippen LogP contribution in [0.4, 0.5) is 5.69 Å². The zero-order valence-electron chi connectivity index (χ0n) is 19.4. The Kier molecular flexibility index (Phi) is 7.12. The number of hydrogen-bond acceptors (Lipinski definition) is 2. The molecule has 0 aliphatic carbocycles. The molecule has 3 aromatic carbocycles. The average molecular weight is 411 g/mol. The molecule has 0 saturated carbocycles. The molecule has 3 aromatic rings. The monoisotopic (exact) mass is 410 g/mol. The second-order valence-corrected chi connectivity index (χ2v) is 8.86. The van der Waals surface area contributed by atoms with Crippen molar-refractivity contribution in [3.05, 3.63) is 94.6 Å². The number of rotatable bonds is 8. The van der Waals surface area contributed by atoms with Crippen molar-refractivity contribution in [2.24, 2.45) is 5.92 Å². The van der Waals surface area contributed by atoms with Gasteiger partial charge in [-0.2, -0.15) is 0 Å². The first-order chi connectivity index (χ1) is 14.8. The van der Waals surface area contributed by atoms with Crippen LogP contribution in [0.5, 0.6) is 0 Å². The van der Waals surface area contributed by atoms with E-state index in [1.54, 1.807) is 0 Å². The van der Waals surface area contributed by atoms with E-state index in [9.17, 15) is 0 Å². The van der Waals surface area contributed by atoms with E-state index in [4.69, 9.17) is 5.41 Å². The first-order valence-corrected chi connectivity index (χ1v) is 11.0. The summed E-state index contributed by atoms with van der Waals surface area (Å²) in [4.78, 5) is 0. The highest BCUT2D eigenvalue weighted by Gasteiger charge is 2.17. The third kappa shape index (κ3) is 5.14. The normalized spacial score (nSPS) is 11.9. The Morgan fingerprint density at radius 2 is 1.61 bits per heavy atom. The molecule has 0 saturated heterocycles. The number of nitrogens with one attached hydrogen (secondary N) is 2. The molecule has 2 nitrogen and oxygen atoms in total. The molecule has 0 spiro atoms. The van der Waals surface area contributed by atoms with Crippen LogP contribution in [-0.4, -0.2) is 6.21 Å². The molecule has 0 amide bonds. The summed E-state index contributed by atoms with van der Waals surface area (Å²) in [5.41, 5.74) is 10.4. The van der Waals surface area contributed by atoms with E-state index in [0.717, 1.165) is 28.8 Å². The van der Waals surface area contributed by atoms with Crippen molar-refractivity contribution < 1.29 is 0 Å². The Labute approximate surface area is 187 Å². The van der Waals surface area contributed by atoms with E-state index >= 15 is 0 Å². The Hall–Kier alpha value is -3.13. The average Bonchev–Trinajstić information content (AvgIpc) is 2.74. The van der Waals surface area contributed by atoms with Crippen LogP contribution in [0.3, 0.4) is 0 Å². The Morgan fingerprint density at radius 3 is 2.19 bits per heavy atom. The molecule has 1 unspecified atom stereocenters. The minimum absolute atomic E-state index is 0.184. The smallest absolute Gasteiger partial charge is 0.0516 e. The highest BCUT2D eigenvalue weighted by atomic mass is 14.9. The zero-order valence-corrected chi connectivity index (χ0v) is 19.4.